The minimum atomic E-state index is -2.46. The number of amides is 2. The van der Waals surface area contributed by atoms with Crippen LogP contribution in [0.25, 0.3) is 10.8 Å². The molecule has 266 valence electrons. The fraction of sp³-hybridized carbons (Fsp3) is 0. The van der Waals surface area contributed by atoms with Crippen LogP contribution in [0, 0.1) is 0 Å². The Morgan fingerprint density at radius 3 is 1.66 bits per heavy atom. The van der Waals surface area contributed by atoms with Crippen molar-refractivity contribution in [1.82, 2.24) is 0 Å². The molecule has 2 atom stereocenters. The Morgan fingerprint density at radius 1 is 0.566 bits per heavy atom. The van der Waals surface area contributed by atoms with Gasteiger partial charge in [-0.3, -0.25) is 9.59 Å². The van der Waals surface area contributed by atoms with Crippen LogP contribution in [-0.2, 0) is 30.8 Å². The minimum Gasteiger partial charge on any atom is -0.505 e. The predicted octanol–water partition coefficient (Wildman–Crippen LogP) is 8.91. The van der Waals surface area contributed by atoms with Gasteiger partial charge >= 0.3 is 0 Å². The molecular weight excluding hydrogens is 725 g/mol. The average molecular weight is 751 g/mol. The third-order valence-electron chi connectivity index (χ3n) is 7.49. The van der Waals surface area contributed by atoms with Crippen molar-refractivity contribution in [3.05, 3.63) is 139 Å². The Kier molecular flexibility index (Phi) is 11.5. The van der Waals surface area contributed by atoms with Gasteiger partial charge in [0.05, 0.1) is 22.0 Å². The molecule has 0 heterocycles. The van der Waals surface area contributed by atoms with E-state index < -0.39 is 33.8 Å². The topological polar surface area (TPSA) is 221 Å². The SMILES string of the molecule is O=C(Nc1ccc(C(=O)Nc2ccc3c(O)c(N=Nc4ccc(N=Nc5ccc(S(=O)OO)cc5)cc4)c(S(=O)OO)cc3c2)cc1)c1ccccc1. The largest absolute Gasteiger partial charge is 0.505 e. The molecule has 0 saturated heterocycles. The highest BCUT2D eigenvalue weighted by Crippen LogP contribution is 2.42. The molecule has 6 rings (SSSR count). The van der Waals surface area contributed by atoms with E-state index in [-0.39, 0.29) is 26.8 Å². The molecule has 2 unspecified atom stereocenters. The lowest BCUT2D eigenvalue weighted by atomic mass is 10.1. The Bertz CT molecular complexity index is 2390. The third kappa shape index (κ3) is 8.94. The lowest BCUT2D eigenvalue weighted by Gasteiger charge is -2.11. The Labute approximate surface area is 305 Å². The second-order valence-electron chi connectivity index (χ2n) is 10.9. The summed E-state index contributed by atoms with van der Waals surface area (Å²) in [4.78, 5) is 25.5. The van der Waals surface area contributed by atoms with Crippen molar-refractivity contribution in [2.45, 2.75) is 9.79 Å². The van der Waals surface area contributed by atoms with Gasteiger partial charge < -0.3 is 15.7 Å². The van der Waals surface area contributed by atoms with E-state index in [4.69, 9.17) is 5.26 Å². The number of phenols is 1. The number of rotatable bonds is 12. The van der Waals surface area contributed by atoms with Crippen LogP contribution in [0.15, 0.2) is 158 Å². The van der Waals surface area contributed by atoms with Crippen LogP contribution < -0.4 is 10.6 Å². The highest BCUT2D eigenvalue weighted by atomic mass is 32.2. The van der Waals surface area contributed by atoms with E-state index in [2.05, 4.69) is 39.8 Å². The molecule has 6 aromatic carbocycles. The maximum absolute atomic E-state index is 13.0. The zero-order valence-corrected chi connectivity index (χ0v) is 28.7. The number of aromatic hydroxyl groups is 1. The van der Waals surface area contributed by atoms with Gasteiger partial charge in [-0.05, 0) is 115 Å². The van der Waals surface area contributed by atoms with Gasteiger partial charge in [-0.1, -0.05) is 18.2 Å². The van der Waals surface area contributed by atoms with Crippen molar-refractivity contribution in [2.75, 3.05) is 10.6 Å². The van der Waals surface area contributed by atoms with Crippen LogP contribution in [0.3, 0.4) is 0 Å². The fourth-order valence-electron chi connectivity index (χ4n) is 4.87. The lowest BCUT2D eigenvalue weighted by Crippen LogP contribution is -2.13. The first kappa shape index (κ1) is 36.5. The zero-order chi connectivity index (χ0) is 37.3. The van der Waals surface area contributed by atoms with Crippen molar-refractivity contribution in [2.24, 2.45) is 20.5 Å². The number of carbonyl (C=O) groups excluding carboxylic acids is 2. The summed E-state index contributed by atoms with van der Waals surface area (Å²) in [6.45, 7) is 0. The Balaban J connectivity index is 1.16. The van der Waals surface area contributed by atoms with Gasteiger partial charge in [0.15, 0.2) is 5.75 Å². The second kappa shape index (κ2) is 16.8. The van der Waals surface area contributed by atoms with Crippen LogP contribution >= 0.6 is 0 Å². The van der Waals surface area contributed by atoms with Gasteiger partial charge in [0.1, 0.15) is 10.6 Å². The van der Waals surface area contributed by atoms with Gasteiger partial charge in [-0.25, -0.2) is 18.9 Å². The molecule has 0 fully saturated rings. The molecule has 0 aliphatic carbocycles. The highest BCUT2D eigenvalue weighted by molar-refractivity contribution is 7.80. The first-order valence-electron chi connectivity index (χ1n) is 15.3. The number of fused-ring (bicyclic) bond motifs is 1. The molecule has 53 heavy (non-hydrogen) atoms. The lowest BCUT2D eigenvalue weighted by molar-refractivity contribution is -0.124. The summed E-state index contributed by atoms with van der Waals surface area (Å²) in [5.74, 6) is -1.13. The van der Waals surface area contributed by atoms with Crippen LogP contribution in [0.4, 0.5) is 34.1 Å². The van der Waals surface area contributed by atoms with Crippen LogP contribution in [0.2, 0.25) is 0 Å². The van der Waals surface area contributed by atoms with Crippen molar-refractivity contribution in [3.8, 4) is 5.75 Å². The van der Waals surface area contributed by atoms with Crippen LogP contribution in [-0.4, -0.2) is 35.9 Å². The summed E-state index contributed by atoms with van der Waals surface area (Å²) < 4.78 is 32.0. The monoisotopic (exact) mass is 750 g/mol. The molecule has 6 aromatic rings. The maximum atomic E-state index is 13.0. The standard InChI is InChI=1S/C36H26N6O9S2/c43-34-31-19-16-29(38-36(45)23-6-8-25(9-7-23)37-35(44)22-4-2-1-3-5-22)20-24(31)21-32(53(49)51-47)33(34)42-41-27-12-10-26(11-13-27)39-40-28-14-17-30(18-15-28)52(48)50-46/h1-21,43,46-47H,(H,37,44)(H,38,45). The van der Waals surface area contributed by atoms with Crippen LogP contribution in [0.5, 0.6) is 5.75 Å². The Hall–Kier alpha value is -6.34. The predicted molar refractivity (Wildman–Crippen MR) is 196 cm³/mol. The number of benzene rings is 6. The van der Waals surface area contributed by atoms with Gasteiger partial charge in [0, 0.05) is 27.9 Å². The summed E-state index contributed by atoms with van der Waals surface area (Å²) in [5, 5.41) is 51.5. The first-order valence-corrected chi connectivity index (χ1v) is 17.5. The molecule has 17 heteroatoms. The molecule has 0 aliphatic rings. The van der Waals surface area contributed by atoms with Crippen molar-refractivity contribution in [1.29, 1.82) is 0 Å². The second-order valence-corrected chi connectivity index (χ2v) is 13.0. The van der Waals surface area contributed by atoms with E-state index in [1.807, 2.05) is 6.07 Å². The maximum Gasteiger partial charge on any atom is 0.255 e. The quantitative estimate of drug-likeness (QED) is 0.0457. The van der Waals surface area contributed by atoms with E-state index in [1.54, 1.807) is 91.0 Å². The molecule has 0 radical (unpaired) electrons. The summed E-state index contributed by atoms with van der Waals surface area (Å²) in [6.07, 6.45) is 0. The van der Waals surface area contributed by atoms with Crippen LogP contribution in [0.1, 0.15) is 20.7 Å². The van der Waals surface area contributed by atoms with E-state index in [0.717, 1.165) is 0 Å². The molecule has 0 bridgehead atoms. The smallest absolute Gasteiger partial charge is 0.255 e. The third-order valence-corrected chi connectivity index (χ3v) is 9.09. The number of nitrogens with one attached hydrogen (secondary N) is 2. The number of phenolic OH excluding ortho intramolecular Hbond substituents is 1. The molecule has 2 amide bonds. The summed E-state index contributed by atoms with van der Waals surface area (Å²) in [5.41, 5.74) is 2.70. The summed E-state index contributed by atoms with van der Waals surface area (Å²) >= 11 is -4.46. The highest BCUT2D eigenvalue weighted by Gasteiger charge is 2.20. The Morgan fingerprint density at radius 2 is 1.08 bits per heavy atom. The minimum absolute atomic E-state index is 0.191. The van der Waals surface area contributed by atoms with Gasteiger partial charge in [0.25, 0.3) is 11.8 Å². The number of hydrogen-bond donors (Lipinski definition) is 5. The van der Waals surface area contributed by atoms with Gasteiger partial charge in [-0.15, -0.1) is 13.8 Å². The zero-order valence-electron chi connectivity index (χ0n) is 27.0. The number of nitrogens with zero attached hydrogens (tertiary/aromatic N) is 4. The van der Waals surface area contributed by atoms with E-state index in [1.165, 1.54) is 30.3 Å². The average Bonchev–Trinajstić information content (AvgIpc) is 3.20. The number of anilines is 2. The molecule has 0 spiro atoms. The molecule has 0 aromatic heterocycles. The number of hydrogen-bond acceptors (Lipinski definition) is 13. The number of carbonyl (C=O) groups is 2. The van der Waals surface area contributed by atoms with Gasteiger partial charge in [-0.2, -0.15) is 15.3 Å². The van der Waals surface area contributed by atoms with E-state index in [0.29, 0.717) is 45.0 Å². The molecule has 5 N–H and O–H groups in total. The molecule has 0 aliphatic heterocycles. The van der Waals surface area contributed by atoms with Gasteiger partial charge in [0.2, 0.25) is 22.2 Å². The number of azo groups is 2. The fourth-order valence-corrected chi connectivity index (χ4v) is 5.91. The van der Waals surface area contributed by atoms with E-state index >= 15 is 0 Å². The summed E-state index contributed by atoms with van der Waals surface area (Å²) in [6, 6.07) is 33.4. The van der Waals surface area contributed by atoms with Crippen molar-refractivity contribution >= 4 is 78.9 Å². The normalized spacial score (nSPS) is 12.6. The first-order chi connectivity index (χ1) is 25.7. The molecular formula is C36H26N6O9S2. The molecule has 15 nitrogen and oxygen atoms in total. The molecule has 0 saturated carbocycles. The van der Waals surface area contributed by atoms with E-state index in [9.17, 15) is 28.4 Å². The van der Waals surface area contributed by atoms with Crippen molar-refractivity contribution < 1.29 is 42.3 Å². The van der Waals surface area contributed by atoms with Crippen molar-refractivity contribution in [3.63, 3.8) is 0 Å². The summed E-state index contributed by atoms with van der Waals surface area (Å²) in [7, 11) is 0.